The molecule has 1 aromatic heterocycles. The smallest absolute Gasteiger partial charge is 0.152 e. The first-order chi connectivity index (χ1) is 7.65. The summed E-state index contributed by atoms with van der Waals surface area (Å²) in [7, 11) is 3.98. The summed E-state index contributed by atoms with van der Waals surface area (Å²) in [6, 6.07) is 1.87. The Morgan fingerprint density at radius 1 is 1.44 bits per heavy atom. The maximum absolute atomic E-state index is 10.0. The first-order valence-corrected chi connectivity index (χ1v) is 6.58. The molecular weight excluding hydrogens is 220 g/mol. The van der Waals surface area contributed by atoms with E-state index in [0.717, 1.165) is 29.3 Å². The highest BCUT2D eigenvalue weighted by Crippen LogP contribution is 2.30. The third kappa shape index (κ3) is 4.02. The van der Waals surface area contributed by atoms with Crippen molar-refractivity contribution in [2.45, 2.75) is 31.3 Å². The predicted octanol–water partition coefficient (Wildman–Crippen LogP) is 2.74. The zero-order valence-electron chi connectivity index (χ0n) is 10.2. The Morgan fingerprint density at radius 2 is 2.19 bits per heavy atom. The maximum Gasteiger partial charge on any atom is 0.152 e. The molecule has 0 radical (unpaired) electrons. The van der Waals surface area contributed by atoms with Gasteiger partial charge in [0.1, 0.15) is 5.03 Å². The normalized spacial score (nSPS) is 11.0. The molecule has 0 spiro atoms. The third-order valence-electron chi connectivity index (χ3n) is 2.20. The van der Waals surface area contributed by atoms with Gasteiger partial charge in [0.15, 0.2) is 5.75 Å². The standard InChI is InChI=1S/C12H20N2OS/c1-4-5-8-16-12-11(15)10(6-7-13-12)9-14(2)3/h6-7,15H,4-5,8-9H2,1-3H3. The minimum absolute atomic E-state index is 0.345. The first kappa shape index (κ1) is 13.3. The molecule has 16 heavy (non-hydrogen) atoms. The van der Waals surface area contributed by atoms with E-state index in [1.54, 1.807) is 18.0 Å². The van der Waals surface area contributed by atoms with E-state index in [0.29, 0.717) is 5.75 Å². The lowest BCUT2D eigenvalue weighted by molar-refractivity contribution is 0.380. The molecule has 0 aliphatic rings. The van der Waals surface area contributed by atoms with Crippen LogP contribution in [0.25, 0.3) is 0 Å². The van der Waals surface area contributed by atoms with Crippen molar-refractivity contribution in [3.63, 3.8) is 0 Å². The van der Waals surface area contributed by atoms with Crippen molar-refractivity contribution in [1.29, 1.82) is 0 Å². The van der Waals surface area contributed by atoms with Gasteiger partial charge in [-0.1, -0.05) is 13.3 Å². The Bertz CT molecular complexity index is 329. The van der Waals surface area contributed by atoms with Gasteiger partial charge < -0.3 is 10.0 Å². The number of hydrogen-bond donors (Lipinski definition) is 1. The Morgan fingerprint density at radius 3 is 2.81 bits per heavy atom. The molecule has 1 N–H and O–H groups in total. The van der Waals surface area contributed by atoms with Crippen LogP contribution in [0, 0.1) is 0 Å². The minimum atomic E-state index is 0.345. The number of aromatic nitrogens is 1. The largest absolute Gasteiger partial charge is 0.505 e. The van der Waals surface area contributed by atoms with Crippen LogP contribution in [0.5, 0.6) is 5.75 Å². The molecule has 0 saturated heterocycles. The molecule has 0 atom stereocenters. The number of nitrogens with zero attached hydrogens (tertiary/aromatic N) is 2. The Balaban J connectivity index is 2.70. The van der Waals surface area contributed by atoms with Crippen LogP contribution in [-0.4, -0.2) is 34.8 Å². The zero-order valence-corrected chi connectivity index (χ0v) is 11.0. The summed E-state index contributed by atoms with van der Waals surface area (Å²) in [5.74, 6) is 1.36. The predicted molar refractivity (Wildman–Crippen MR) is 68.9 cm³/mol. The quantitative estimate of drug-likeness (QED) is 0.613. The topological polar surface area (TPSA) is 36.4 Å². The molecular formula is C12H20N2OS. The van der Waals surface area contributed by atoms with Crippen LogP contribution >= 0.6 is 11.8 Å². The molecule has 0 amide bonds. The van der Waals surface area contributed by atoms with Crippen LogP contribution in [0.3, 0.4) is 0 Å². The van der Waals surface area contributed by atoms with Crippen molar-refractivity contribution in [1.82, 2.24) is 9.88 Å². The second-order valence-electron chi connectivity index (χ2n) is 4.06. The van der Waals surface area contributed by atoms with E-state index in [4.69, 9.17) is 0 Å². The van der Waals surface area contributed by atoms with Crippen molar-refractivity contribution in [3.05, 3.63) is 17.8 Å². The van der Waals surface area contributed by atoms with Crippen molar-refractivity contribution in [2.75, 3.05) is 19.8 Å². The van der Waals surface area contributed by atoms with Crippen molar-refractivity contribution in [3.8, 4) is 5.75 Å². The summed E-state index contributed by atoms with van der Waals surface area (Å²) in [5, 5.41) is 10.8. The number of unbranched alkanes of at least 4 members (excludes halogenated alkanes) is 1. The van der Waals surface area contributed by atoms with E-state index in [-0.39, 0.29) is 0 Å². The lowest BCUT2D eigenvalue weighted by atomic mass is 10.2. The van der Waals surface area contributed by atoms with Crippen LogP contribution < -0.4 is 0 Å². The lowest BCUT2D eigenvalue weighted by Crippen LogP contribution is -2.11. The highest BCUT2D eigenvalue weighted by atomic mass is 32.2. The van der Waals surface area contributed by atoms with E-state index in [9.17, 15) is 5.11 Å². The van der Waals surface area contributed by atoms with Gasteiger partial charge in [0.05, 0.1) is 0 Å². The fourth-order valence-corrected chi connectivity index (χ4v) is 2.39. The Kier molecular flexibility index (Phi) is 5.63. The number of pyridine rings is 1. The van der Waals surface area contributed by atoms with Gasteiger partial charge in [0.25, 0.3) is 0 Å². The molecule has 3 nitrogen and oxygen atoms in total. The molecule has 4 heteroatoms. The molecule has 0 saturated carbocycles. The Hall–Kier alpha value is -0.740. The van der Waals surface area contributed by atoms with E-state index in [1.807, 2.05) is 25.1 Å². The fourth-order valence-electron chi connectivity index (χ4n) is 1.36. The van der Waals surface area contributed by atoms with Gasteiger partial charge in [0, 0.05) is 18.3 Å². The van der Waals surface area contributed by atoms with E-state index < -0.39 is 0 Å². The molecule has 0 aliphatic heterocycles. The monoisotopic (exact) mass is 240 g/mol. The third-order valence-corrected chi connectivity index (χ3v) is 3.26. The summed E-state index contributed by atoms with van der Waals surface area (Å²) in [6.07, 6.45) is 4.10. The average molecular weight is 240 g/mol. The number of aromatic hydroxyl groups is 1. The van der Waals surface area contributed by atoms with Gasteiger partial charge in [0.2, 0.25) is 0 Å². The lowest BCUT2D eigenvalue weighted by Gasteiger charge is -2.12. The molecule has 1 aromatic rings. The van der Waals surface area contributed by atoms with Crippen LogP contribution in [0.1, 0.15) is 25.3 Å². The van der Waals surface area contributed by atoms with Crippen molar-refractivity contribution < 1.29 is 5.11 Å². The minimum Gasteiger partial charge on any atom is -0.505 e. The van der Waals surface area contributed by atoms with Crippen LogP contribution in [0.2, 0.25) is 0 Å². The zero-order chi connectivity index (χ0) is 12.0. The molecule has 0 bridgehead atoms. The molecule has 0 aromatic carbocycles. The highest BCUT2D eigenvalue weighted by molar-refractivity contribution is 7.99. The highest BCUT2D eigenvalue weighted by Gasteiger charge is 2.09. The van der Waals surface area contributed by atoms with Crippen LogP contribution in [-0.2, 0) is 6.54 Å². The molecule has 90 valence electrons. The van der Waals surface area contributed by atoms with E-state index >= 15 is 0 Å². The van der Waals surface area contributed by atoms with Gasteiger partial charge in [-0.3, -0.25) is 0 Å². The molecule has 0 unspecified atom stereocenters. The second kappa shape index (κ2) is 6.76. The summed E-state index contributed by atoms with van der Waals surface area (Å²) < 4.78 is 0. The number of hydrogen-bond acceptors (Lipinski definition) is 4. The molecule has 0 aliphatic carbocycles. The summed E-state index contributed by atoms with van der Waals surface area (Å²) in [6.45, 7) is 2.91. The Labute approximate surface area is 102 Å². The molecule has 1 heterocycles. The summed E-state index contributed by atoms with van der Waals surface area (Å²) in [4.78, 5) is 6.25. The van der Waals surface area contributed by atoms with Crippen LogP contribution in [0.15, 0.2) is 17.3 Å². The van der Waals surface area contributed by atoms with Gasteiger partial charge in [-0.2, -0.15) is 0 Å². The first-order valence-electron chi connectivity index (χ1n) is 5.59. The van der Waals surface area contributed by atoms with Gasteiger partial charge in [-0.15, -0.1) is 11.8 Å². The van der Waals surface area contributed by atoms with Gasteiger partial charge >= 0.3 is 0 Å². The van der Waals surface area contributed by atoms with E-state index in [2.05, 4.69) is 11.9 Å². The summed E-state index contributed by atoms with van der Waals surface area (Å²) >= 11 is 1.63. The molecule has 1 rings (SSSR count). The number of rotatable bonds is 6. The van der Waals surface area contributed by atoms with Crippen molar-refractivity contribution in [2.24, 2.45) is 0 Å². The number of thioether (sulfide) groups is 1. The van der Waals surface area contributed by atoms with E-state index in [1.165, 1.54) is 6.42 Å². The molecule has 0 fully saturated rings. The fraction of sp³-hybridized carbons (Fsp3) is 0.583. The SMILES string of the molecule is CCCCSc1nccc(CN(C)C)c1O. The maximum atomic E-state index is 10.0. The van der Waals surface area contributed by atoms with Crippen molar-refractivity contribution >= 4 is 11.8 Å². The van der Waals surface area contributed by atoms with Crippen LogP contribution in [0.4, 0.5) is 0 Å². The second-order valence-corrected chi connectivity index (χ2v) is 5.15. The van der Waals surface area contributed by atoms with Gasteiger partial charge in [-0.05, 0) is 32.3 Å². The summed E-state index contributed by atoms with van der Waals surface area (Å²) in [5.41, 5.74) is 0.944. The van der Waals surface area contributed by atoms with Gasteiger partial charge in [-0.25, -0.2) is 4.98 Å². The average Bonchev–Trinajstić information content (AvgIpc) is 2.23.